The van der Waals surface area contributed by atoms with Gasteiger partial charge in [0.15, 0.2) is 0 Å². The van der Waals surface area contributed by atoms with Crippen molar-refractivity contribution in [1.82, 2.24) is 19.7 Å². The van der Waals surface area contributed by atoms with Gasteiger partial charge in [0.2, 0.25) is 0 Å². The third-order valence-electron chi connectivity index (χ3n) is 8.80. The van der Waals surface area contributed by atoms with E-state index in [0.29, 0.717) is 5.75 Å². The second-order valence-corrected chi connectivity index (χ2v) is 16.3. The largest absolute Gasteiger partial charge is 0.763 e. The Bertz CT molecular complexity index is 2230. The molecule has 8 heteroatoms. The van der Waals surface area contributed by atoms with E-state index in [4.69, 9.17) is 22.3 Å². The van der Waals surface area contributed by atoms with Crippen molar-refractivity contribution in [3.8, 4) is 45.3 Å². The summed E-state index contributed by atoms with van der Waals surface area (Å²) >= 11 is -0.972. The van der Waals surface area contributed by atoms with Crippen LogP contribution in [0.1, 0.15) is 0 Å². The summed E-state index contributed by atoms with van der Waals surface area (Å²) in [7, 11) is -2.96. The summed E-state index contributed by atoms with van der Waals surface area (Å²) in [5.74, 6) is 0.671. The summed E-state index contributed by atoms with van der Waals surface area (Å²) in [4.78, 5) is 9.51. The fourth-order valence-corrected chi connectivity index (χ4v) is 12.2. The van der Waals surface area contributed by atoms with E-state index >= 15 is 0 Å². The molecule has 1 radical (unpaired) electrons. The minimum absolute atomic E-state index is 0.671. The van der Waals surface area contributed by atoms with Crippen LogP contribution in [0.2, 0.25) is 0 Å². The van der Waals surface area contributed by atoms with Crippen LogP contribution in [0.15, 0.2) is 194 Å². The molecular formula is C43H32AlN4O2Si. The standard InChI is InChI=1S/C25H18N4O.C18H15OSi.Al/c30-22-15-5-4-14-21(22)29-25(18-10-2-1-3-11-18)23(19-12-6-8-16-26-19)24(28-29)20-13-7-9-17-27-20;19-20(16-10-4-1-5-11-16,17-12-6-2-7-13-17)18-14-8-3-9-15-18;/h1-17,30H;1-15H;/q;-1;+2/p-1. The molecule has 0 unspecified atom stereocenters. The molecule has 0 saturated heterocycles. The molecule has 3 heterocycles. The maximum absolute atomic E-state index is 7.22. The van der Waals surface area contributed by atoms with E-state index in [1.54, 1.807) is 6.20 Å². The summed E-state index contributed by atoms with van der Waals surface area (Å²) < 4.78 is 15.9. The summed E-state index contributed by atoms with van der Waals surface area (Å²) in [5, 5.41) is 8.75. The molecule has 0 fully saturated rings. The Balaban J connectivity index is 1.25. The highest BCUT2D eigenvalue weighted by Gasteiger charge is 2.42. The predicted octanol–water partition coefficient (Wildman–Crippen LogP) is 7.26. The molecule has 0 spiro atoms. The van der Waals surface area contributed by atoms with Crippen LogP contribution < -0.4 is 19.3 Å². The third kappa shape index (κ3) is 6.45. The number of rotatable bonds is 11. The topological polar surface area (TPSA) is 62.1 Å². The molecule has 0 aliphatic carbocycles. The second kappa shape index (κ2) is 14.9. The Morgan fingerprint density at radius 2 is 0.980 bits per heavy atom. The summed E-state index contributed by atoms with van der Waals surface area (Å²) in [6.45, 7) is 0. The monoisotopic (exact) mass is 691 g/mol. The molecule has 8 rings (SSSR count). The maximum atomic E-state index is 7.22. The summed E-state index contributed by atoms with van der Waals surface area (Å²) in [5.41, 5.74) is 5.86. The molecule has 5 aromatic carbocycles. The van der Waals surface area contributed by atoms with Crippen LogP contribution in [0.3, 0.4) is 0 Å². The van der Waals surface area contributed by atoms with Gasteiger partial charge in [-0.2, -0.15) is 5.10 Å². The highest BCUT2D eigenvalue weighted by atomic mass is 28.4. The van der Waals surface area contributed by atoms with Gasteiger partial charge in [0, 0.05) is 18.0 Å². The predicted molar refractivity (Wildman–Crippen MR) is 207 cm³/mol. The van der Waals surface area contributed by atoms with E-state index in [-0.39, 0.29) is 0 Å². The van der Waals surface area contributed by atoms with Crippen molar-refractivity contribution in [1.29, 1.82) is 0 Å². The van der Waals surface area contributed by atoms with Gasteiger partial charge in [-0.1, -0.05) is 146 Å². The maximum Gasteiger partial charge on any atom is 0.763 e. The van der Waals surface area contributed by atoms with Gasteiger partial charge in [0.05, 0.1) is 22.6 Å². The van der Waals surface area contributed by atoms with Crippen molar-refractivity contribution < 1.29 is 7.27 Å². The van der Waals surface area contributed by atoms with Crippen LogP contribution in [0.4, 0.5) is 0 Å². The van der Waals surface area contributed by atoms with Crippen molar-refractivity contribution in [3.05, 3.63) is 194 Å². The Hall–Kier alpha value is -5.88. The molecule has 0 N–H and O–H groups in total. The molecule has 6 nitrogen and oxygen atoms in total. The van der Waals surface area contributed by atoms with Crippen molar-refractivity contribution in [2.24, 2.45) is 0 Å². The van der Waals surface area contributed by atoms with Crippen molar-refractivity contribution >= 4 is 39.8 Å². The number of pyridine rings is 2. The number of para-hydroxylation sites is 2. The molecule has 3 aromatic heterocycles. The zero-order valence-electron chi connectivity index (χ0n) is 27.7. The van der Waals surface area contributed by atoms with Crippen LogP contribution in [-0.2, 0) is 3.48 Å². The lowest BCUT2D eigenvalue weighted by Crippen LogP contribution is -2.70. The molecule has 0 aliphatic rings. The molecule has 0 bridgehead atoms. The lowest BCUT2D eigenvalue weighted by molar-refractivity contribution is 0.464. The quantitative estimate of drug-likeness (QED) is 0.106. The van der Waals surface area contributed by atoms with E-state index < -0.39 is 24.2 Å². The number of nitrogens with zero attached hydrogens (tertiary/aromatic N) is 4. The van der Waals surface area contributed by atoms with Gasteiger partial charge in [-0.15, -0.1) is 0 Å². The van der Waals surface area contributed by atoms with E-state index in [9.17, 15) is 0 Å². The zero-order chi connectivity index (χ0) is 34.3. The first-order valence-corrected chi connectivity index (χ1v) is 19.6. The van der Waals surface area contributed by atoms with Gasteiger partial charge < -0.3 is 7.27 Å². The lowest BCUT2D eigenvalue weighted by atomic mass is 10.0. The number of aromatic nitrogens is 4. The first kappa shape index (κ1) is 32.3. The first-order valence-electron chi connectivity index (χ1n) is 16.8. The summed E-state index contributed by atoms with van der Waals surface area (Å²) in [6, 6.07) is 61.8. The third-order valence-corrected chi connectivity index (χ3v) is 14.4. The van der Waals surface area contributed by atoms with Gasteiger partial charge in [0.25, 0.3) is 8.32 Å². The van der Waals surface area contributed by atoms with Crippen molar-refractivity contribution in [2.75, 3.05) is 0 Å². The minimum atomic E-state index is -2.96. The smallest absolute Gasteiger partial charge is 0.625 e. The highest BCUT2D eigenvalue weighted by Crippen LogP contribution is 2.41. The van der Waals surface area contributed by atoms with Crippen LogP contribution in [-0.4, -0.2) is 44.0 Å². The Morgan fingerprint density at radius 3 is 1.53 bits per heavy atom. The fourth-order valence-electron chi connectivity index (χ4n) is 6.49. The number of benzene rings is 5. The molecule has 8 aromatic rings. The molecule has 51 heavy (non-hydrogen) atoms. The van der Waals surface area contributed by atoms with E-state index in [1.807, 2.05) is 108 Å². The fraction of sp³-hybridized carbons (Fsp3) is 0. The normalized spacial score (nSPS) is 11.2. The molecule has 0 amide bonds. The lowest BCUT2D eigenvalue weighted by Gasteiger charge is -2.34. The van der Waals surface area contributed by atoms with Crippen molar-refractivity contribution in [2.45, 2.75) is 0 Å². The van der Waals surface area contributed by atoms with Gasteiger partial charge in [0.1, 0.15) is 17.1 Å². The van der Waals surface area contributed by atoms with E-state index in [2.05, 4.69) is 84.9 Å². The average molecular weight is 692 g/mol. The average Bonchev–Trinajstić information content (AvgIpc) is 3.62. The van der Waals surface area contributed by atoms with E-state index in [0.717, 1.165) is 55.2 Å². The Morgan fingerprint density at radius 1 is 0.490 bits per heavy atom. The second-order valence-electron chi connectivity index (χ2n) is 11.9. The van der Waals surface area contributed by atoms with Crippen LogP contribution in [0.5, 0.6) is 5.75 Å². The summed E-state index contributed by atoms with van der Waals surface area (Å²) in [6.07, 6.45) is 3.60. The first-order chi connectivity index (χ1) is 25.3. The molecule has 0 aliphatic heterocycles. The Labute approximate surface area is 305 Å². The molecule has 243 valence electrons. The number of hydrogen-bond donors (Lipinski definition) is 0. The van der Waals surface area contributed by atoms with Gasteiger partial charge in [-0.25, -0.2) is 4.68 Å². The van der Waals surface area contributed by atoms with Crippen LogP contribution >= 0.6 is 0 Å². The number of hydrogen-bond acceptors (Lipinski definition) is 5. The SMILES string of the molecule is c1ccc(-c2c(-c3ccccn3)c(-c3ccccn3)nn2-c2ccccc2[O][Al][O][Si](c2ccccc2)(c2ccccc2)c2ccccc2)cc1. The zero-order valence-corrected chi connectivity index (χ0v) is 29.8. The van der Waals surface area contributed by atoms with Crippen LogP contribution in [0.25, 0.3) is 39.6 Å². The van der Waals surface area contributed by atoms with Gasteiger partial charge >= 0.3 is 15.9 Å². The minimum Gasteiger partial charge on any atom is -0.625 e. The Kier molecular flexibility index (Phi) is 9.47. The van der Waals surface area contributed by atoms with Crippen molar-refractivity contribution in [3.63, 3.8) is 0 Å². The van der Waals surface area contributed by atoms with Gasteiger partial charge in [-0.3, -0.25) is 9.97 Å². The molecule has 0 atom stereocenters. The molecular weight excluding hydrogens is 660 g/mol. The highest BCUT2D eigenvalue weighted by molar-refractivity contribution is 7.08. The van der Waals surface area contributed by atoms with E-state index in [1.165, 1.54) is 0 Å². The van der Waals surface area contributed by atoms with Crippen LogP contribution in [0, 0.1) is 0 Å². The molecule has 0 saturated carbocycles. The van der Waals surface area contributed by atoms with Gasteiger partial charge in [-0.05, 0) is 52.0 Å².